The molecule has 2 aliphatic rings. The molecule has 0 aromatic carbocycles. The number of nitrogens with two attached hydrogens (primary N) is 1. The molecule has 0 bridgehead atoms. The highest BCUT2D eigenvalue weighted by atomic mass is 32.2. The summed E-state index contributed by atoms with van der Waals surface area (Å²) >= 11 is 1.49. The van der Waals surface area contributed by atoms with Crippen molar-refractivity contribution >= 4 is 35.5 Å². The molecule has 0 aliphatic carbocycles. The van der Waals surface area contributed by atoms with E-state index in [0.717, 1.165) is 25.1 Å². The van der Waals surface area contributed by atoms with E-state index < -0.39 is 42.4 Å². The maximum atomic E-state index is 12.4. The molecule has 1 fully saturated rings. The van der Waals surface area contributed by atoms with Gasteiger partial charge in [-0.1, -0.05) is 6.08 Å². The lowest BCUT2D eigenvalue weighted by molar-refractivity contribution is -0.139. The number of rotatable bonds is 12. The second-order valence-electron chi connectivity index (χ2n) is 7.25. The van der Waals surface area contributed by atoms with Gasteiger partial charge in [0.25, 0.3) is 0 Å². The molecule has 0 spiro atoms. The molecule has 12 heteroatoms. The summed E-state index contributed by atoms with van der Waals surface area (Å²) < 4.78 is 0. The third-order valence-corrected chi connectivity index (χ3v) is 6.59. The Kier molecular flexibility index (Phi) is 9.08. The first-order chi connectivity index (χ1) is 14.2. The summed E-state index contributed by atoms with van der Waals surface area (Å²) in [4.78, 5) is 48.3. The Bertz CT molecular complexity index is 702. The van der Waals surface area contributed by atoms with Crippen LogP contribution in [-0.2, 0) is 19.2 Å². The van der Waals surface area contributed by atoms with Crippen LogP contribution in [-0.4, -0.2) is 99.3 Å². The monoisotopic (exact) mass is 444 g/mol. The maximum Gasteiger partial charge on any atom is 0.322 e. The van der Waals surface area contributed by atoms with Gasteiger partial charge in [-0.2, -0.15) is 11.8 Å². The first-order valence-electron chi connectivity index (χ1n) is 9.65. The van der Waals surface area contributed by atoms with Gasteiger partial charge in [0.1, 0.15) is 18.6 Å². The van der Waals surface area contributed by atoms with Crippen molar-refractivity contribution in [3.05, 3.63) is 11.6 Å². The lowest BCUT2D eigenvalue weighted by Gasteiger charge is -2.25. The molecule has 0 unspecified atom stereocenters. The van der Waals surface area contributed by atoms with Gasteiger partial charge in [0.2, 0.25) is 11.8 Å². The number of hydrogen-bond donors (Lipinski definition) is 6. The maximum absolute atomic E-state index is 12.4. The van der Waals surface area contributed by atoms with Gasteiger partial charge in [-0.15, -0.1) is 0 Å². The number of hydrogen-bond acceptors (Lipinski definition) is 8. The second kappa shape index (κ2) is 11.3. The van der Waals surface area contributed by atoms with Crippen molar-refractivity contribution in [2.24, 2.45) is 5.73 Å². The van der Waals surface area contributed by atoms with Crippen LogP contribution in [0.4, 0.5) is 0 Å². The molecule has 168 valence electrons. The molecule has 2 rings (SSSR count). The molecular formula is C18H28N4O7S. The number of fused-ring (bicyclic) bond motifs is 1. The van der Waals surface area contributed by atoms with Crippen molar-refractivity contribution in [2.75, 3.05) is 32.0 Å². The molecular weight excluding hydrogens is 416 g/mol. The third-order valence-electron chi connectivity index (χ3n) is 5.14. The van der Waals surface area contributed by atoms with Crippen LogP contribution in [0.25, 0.3) is 0 Å². The molecule has 2 aliphatic heterocycles. The topological polar surface area (TPSA) is 182 Å². The summed E-state index contributed by atoms with van der Waals surface area (Å²) in [5.41, 5.74) is 6.34. The number of nitrogens with one attached hydrogen (secondary N) is 2. The number of aliphatic carboxylic acids is 2. The fourth-order valence-corrected chi connectivity index (χ4v) is 5.03. The lowest BCUT2D eigenvalue weighted by atomic mass is 10.1. The molecule has 7 N–H and O–H groups in total. The number of carboxylic acid groups (broad SMARTS) is 2. The van der Waals surface area contributed by atoms with Crippen LogP contribution in [0, 0.1) is 0 Å². The minimum absolute atomic E-state index is 0.0265. The number of carbonyl (C=O) groups is 4. The van der Waals surface area contributed by atoms with Gasteiger partial charge in [0.15, 0.2) is 0 Å². The molecule has 30 heavy (non-hydrogen) atoms. The summed E-state index contributed by atoms with van der Waals surface area (Å²) in [5, 5.41) is 32.1. The SMILES string of the molecule is N[C@@H](CCC(=O)N[C@@H](CS[C@@H]1CCN2CC=C(CO)[C@H]12)C(=O)NCC(=O)O)C(=O)O. The van der Waals surface area contributed by atoms with Crippen LogP contribution in [0.2, 0.25) is 0 Å². The Labute approximate surface area is 178 Å². The van der Waals surface area contributed by atoms with Crippen LogP contribution in [0.5, 0.6) is 0 Å². The van der Waals surface area contributed by atoms with Crippen molar-refractivity contribution in [2.45, 2.75) is 42.6 Å². The number of amides is 2. The summed E-state index contributed by atoms with van der Waals surface area (Å²) in [5.74, 6) is -3.36. The first kappa shape index (κ1) is 24.1. The quantitative estimate of drug-likeness (QED) is 0.184. The molecule has 0 radical (unpaired) electrons. The van der Waals surface area contributed by atoms with E-state index in [2.05, 4.69) is 15.5 Å². The Morgan fingerprint density at radius 1 is 1.30 bits per heavy atom. The highest BCUT2D eigenvalue weighted by molar-refractivity contribution is 8.00. The third kappa shape index (κ3) is 6.69. The van der Waals surface area contributed by atoms with E-state index in [9.17, 15) is 24.3 Å². The van der Waals surface area contributed by atoms with Crippen molar-refractivity contribution in [3.63, 3.8) is 0 Å². The van der Waals surface area contributed by atoms with Crippen LogP contribution in [0.3, 0.4) is 0 Å². The highest BCUT2D eigenvalue weighted by Gasteiger charge is 2.39. The summed E-state index contributed by atoms with van der Waals surface area (Å²) in [6.45, 7) is 1.05. The number of thioether (sulfide) groups is 1. The second-order valence-corrected chi connectivity index (χ2v) is 8.52. The van der Waals surface area contributed by atoms with E-state index in [1.165, 1.54) is 11.8 Å². The number of nitrogens with zero attached hydrogens (tertiary/aromatic N) is 1. The summed E-state index contributed by atoms with van der Waals surface area (Å²) in [6, 6.07) is -2.06. The van der Waals surface area contributed by atoms with Gasteiger partial charge in [-0.3, -0.25) is 24.1 Å². The van der Waals surface area contributed by atoms with Crippen molar-refractivity contribution in [1.82, 2.24) is 15.5 Å². The Morgan fingerprint density at radius 3 is 2.67 bits per heavy atom. The van der Waals surface area contributed by atoms with Gasteiger partial charge in [-0.05, 0) is 18.4 Å². The molecule has 4 atom stereocenters. The van der Waals surface area contributed by atoms with E-state index >= 15 is 0 Å². The zero-order valence-corrected chi connectivity index (χ0v) is 17.3. The predicted molar refractivity (Wildman–Crippen MR) is 109 cm³/mol. The average Bonchev–Trinajstić information content (AvgIpc) is 3.29. The number of aliphatic hydroxyl groups excluding tert-OH is 1. The lowest BCUT2D eigenvalue weighted by Crippen LogP contribution is -2.50. The fourth-order valence-electron chi connectivity index (χ4n) is 3.56. The van der Waals surface area contributed by atoms with E-state index in [0.29, 0.717) is 0 Å². The zero-order chi connectivity index (χ0) is 22.3. The minimum atomic E-state index is -1.22. The van der Waals surface area contributed by atoms with Gasteiger partial charge in [0.05, 0.1) is 6.61 Å². The Balaban J connectivity index is 1.94. The predicted octanol–water partition coefficient (Wildman–Crippen LogP) is -2.03. The molecule has 11 nitrogen and oxygen atoms in total. The number of carbonyl (C=O) groups excluding carboxylic acids is 2. The molecule has 0 saturated carbocycles. The Hall–Kier alpha value is -2.15. The highest BCUT2D eigenvalue weighted by Crippen LogP contribution is 2.36. The average molecular weight is 445 g/mol. The molecule has 0 aromatic rings. The summed E-state index contributed by atoms with van der Waals surface area (Å²) in [7, 11) is 0. The minimum Gasteiger partial charge on any atom is -0.480 e. The van der Waals surface area contributed by atoms with Gasteiger partial charge in [0, 0.05) is 36.6 Å². The Morgan fingerprint density at radius 2 is 2.03 bits per heavy atom. The van der Waals surface area contributed by atoms with Crippen molar-refractivity contribution in [3.8, 4) is 0 Å². The van der Waals surface area contributed by atoms with Crippen LogP contribution >= 0.6 is 11.8 Å². The van der Waals surface area contributed by atoms with Gasteiger partial charge < -0.3 is 31.7 Å². The molecule has 1 saturated heterocycles. The normalized spacial score (nSPS) is 22.7. The smallest absolute Gasteiger partial charge is 0.322 e. The number of carboxylic acids is 2. The van der Waals surface area contributed by atoms with E-state index in [1.54, 1.807) is 0 Å². The van der Waals surface area contributed by atoms with Crippen molar-refractivity contribution < 1.29 is 34.5 Å². The summed E-state index contributed by atoms with van der Waals surface area (Å²) in [6.07, 6.45) is 2.62. The zero-order valence-electron chi connectivity index (χ0n) is 16.5. The van der Waals surface area contributed by atoms with Gasteiger partial charge >= 0.3 is 11.9 Å². The first-order valence-corrected chi connectivity index (χ1v) is 10.7. The molecule has 2 heterocycles. The standard InChI is InChI=1S/C18H28N4O7S/c19-11(18(28)29)1-2-14(24)21-12(17(27)20-7-15(25)26)9-30-13-4-6-22-5-3-10(8-23)16(13)22/h3,11-13,16,23H,1-2,4-9,19H2,(H,20,27)(H,21,24)(H,25,26)(H,28,29)/t11-,12-,13+,16+/m0/s1. The van der Waals surface area contributed by atoms with E-state index in [-0.39, 0.29) is 36.5 Å². The van der Waals surface area contributed by atoms with Crippen molar-refractivity contribution in [1.29, 1.82) is 0 Å². The van der Waals surface area contributed by atoms with E-state index in [1.807, 2.05) is 6.08 Å². The van der Waals surface area contributed by atoms with Crippen LogP contribution < -0.4 is 16.4 Å². The van der Waals surface area contributed by atoms with Crippen LogP contribution in [0.15, 0.2) is 11.6 Å². The number of aliphatic hydroxyl groups is 1. The fraction of sp³-hybridized carbons (Fsp3) is 0.667. The van der Waals surface area contributed by atoms with Gasteiger partial charge in [-0.25, -0.2) is 0 Å². The van der Waals surface area contributed by atoms with E-state index in [4.69, 9.17) is 15.9 Å². The molecule has 0 aromatic heterocycles. The molecule has 2 amide bonds. The van der Waals surface area contributed by atoms with Crippen LogP contribution in [0.1, 0.15) is 19.3 Å². The largest absolute Gasteiger partial charge is 0.480 e.